The molecule has 2 N–H and O–H groups in total. The van der Waals surface area contributed by atoms with Crippen LogP contribution >= 0.6 is 0 Å². The van der Waals surface area contributed by atoms with Gasteiger partial charge in [0.2, 0.25) is 0 Å². The maximum absolute atomic E-state index is 6.38. The molecule has 1 aliphatic rings. The monoisotopic (exact) mass is 234 g/mol. The molecule has 4 heteroatoms. The average molecular weight is 234 g/mol. The van der Waals surface area contributed by atoms with Gasteiger partial charge in [0.15, 0.2) is 0 Å². The average Bonchev–Trinajstić information content (AvgIpc) is 2.51. The molecule has 0 aliphatic carbocycles. The highest BCUT2D eigenvalue weighted by atomic mass is 15.2. The van der Waals surface area contributed by atoms with Crippen molar-refractivity contribution in [2.75, 3.05) is 33.7 Å². The van der Waals surface area contributed by atoms with Crippen molar-refractivity contribution in [1.82, 2.24) is 14.8 Å². The fraction of sp³-hybridized carbons (Fsp3) is 0.615. The molecule has 0 radical (unpaired) electrons. The summed E-state index contributed by atoms with van der Waals surface area (Å²) in [5, 5.41) is 0. The first-order valence-electron chi connectivity index (χ1n) is 6.23. The Hall–Kier alpha value is -0.970. The Morgan fingerprint density at radius 1 is 1.41 bits per heavy atom. The van der Waals surface area contributed by atoms with Crippen LogP contribution in [-0.2, 0) is 0 Å². The van der Waals surface area contributed by atoms with E-state index in [2.05, 4.69) is 34.9 Å². The molecule has 2 heterocycles. The molecule has 2 rings (SSSR count). The molecule has 1 aliphatic heterocycles. The van der Waals surface area contributed by atoms with Gasteiger partial charge in [0.25, 0.3) is 0 Å². The third kappa shape index (κ3) is 3.03. The number of likely N-dealkylation sites (N-methyl/N-ethyl adjacent to an activating group) is 2. The van der Waals surface area contributed by atoms with Crippen LogP contribution in [0.2, 0.25) is 0 Å². The highest BCUT2D eigenvalue weighted by Crippen LogP contribution is 2.20. The van der Waals surface area contributed by atoms with Gasteiger partial charge in [-0.3, -0.25) is 4.98 Å². The second kappa shape index (κ2) is 5.58. The van der Waals surface area contributed by atoms with Crippen molar-refractivity contribution in [1.29, 1.82) is 0 Å². The van der Waals surface area contributed by atoms with Crippen LogP contribution in [0.5, 0.6) is 0 Å². The lowest BCUT2D eigenvalue weighted by atomic mass is 10.0. The molecule has 2 atom stereocenters. The predicted octanol–water partition coefficient (Wildman–Crippen LogP) is 0.717. The van der Waals surface area contributed by atoms with Crippen molar-refractivity contribution in [2.24, 2.45) is 5.73 Å². The van der Waals surface area contributed by atoms with E-state index in [1.54, 1.807) is 6.20 Å². The van der Waals surface area contributed by atoms with Gasteiger partial charge in [0, 0.05) is 31.0 Å². The molecule has 1 fully saturated rings. The van der Waals surface area contributed by atoms with E-state index in [1.807, 2.05) is 12.3 Å². The molecule has 0 aromatic carbocycles. The zero-order valence-corrected chi connectivity index (χ0v) is 10.7. The van der Waals surface area contributed by atoms with Gasteiger partial charge >= 0.3 is 0 Å². The highest BCUT2D eigenvalue weighted by Gasteiger charge is 2.27. The Balaban J connectivity index is 2.13. The molecular formula is C13H22N4. The second-order valence-corrected chi connectivity index (χ2v) is 4.98. The first-order chi connectivity index (χ1) is 8.18. The summed E-state index contributed by atoms with van der Waals surface area (Å²) in [5.41, 5.74) is 7.51. The smallest absolute Gasteiger partial charge is 0.0480 e. The van der Waals surface area contributed by atoms with Gasteiger partial charge in [0.1, 0.15) is 0 Å². The van der Waals surface area contributed by atoms with Gasteiger partial charge in [-0.05, 0) is 45.2 Å². The minimum Gasteiger partial charge on any atom is -0.323 e. The number of nitrogens with zero attached hydrogens (tertiary/aromatic N) is 3. The van der Waals surface area contributed by atoms with E-state index in [9.17, 15) is 0 Å². The van der Waals surface area contributed by atoms with Gasteiger partial charge in [-0.15, -0.1) is 0 Å². The number of nitrogens with two attached hydrogens (primary N) is 1. The van der Waals surface area contributed by atoms with Crippen LogP contribution in [0.3, 0.4) is 0 Å². The Kier molecular flexibility index (Phi) is 4.10. The number of aromatic nitrogens is 1. The summed E-state index contributed by atoms with van der Waals surface area (Å²) in [7, 11) is 4.34. The van der Waals surface area contributed by atoms with Gasteiger partial charge in [-0.1, -0.05) is 6.07 Å². The predicted molar refractivity (Wildman–Crippen MR) is 69.7 cm³/mol. The highest BCUT2D eigenvalue weighted by molar-refractivity contribution is 5.16. The van der Waals surface area contributed by atoms with Crippen LogP contribution in [-0.4, -0.2) is 54.6 Å². The van der Waals surface area contributed by atoms with Gasteiger partial charge in [-0.25, -0.2) is 0 Å². The molecule has 17 heavy (non-hydrogen) atoms. The number of rotatable bonds is 2. The summed E-state index contributed by atoms with van der Waals surface area (Å²) in [5.74, 6) is 0. The molecule has 0 amide bonds. The van der Waals surface area contributed by atoms with E-state index in [4.69, 9.17) is 5.73 Å². The fourth-order valence-electron chi connectivity index (χ4n) is 2.49. The van der Waals surface area contributed by atoms with Crippen LogP contribution in [0.4, 0.5) is 0 Å². The third-order valence-corrected chi connectivity index (χ3v) is 3.60. The lowest BCUT2D eigenvalue weighted by Gasteiger charge is -2.32. The zero-order chi connectivity index (χ0) is 12.3. The first kappa shape index (κ1) is 12.5. The van der Waals surface area contributed by atoms with E-state index in [-0.39, 0.29) is 6.04 Å². The maximum Gasteiger partial charge on any atom is 0.0480 e. The quantitative estimate of drug-likeness (QED) is 0.819. The molecule has 1 aromatic heterocycles. The largest absolute Gasteiger partial charge is 0.323 e. The lowest BCUT2D eigenvalue weighted by Crippen LogP contribution is -2.45. The molecule has 94 valence electrons. The van der Waals surface area contributed by atoms with Crippen LogP contribution in [0.1, 0.15) is 18.0 Å². The standard InChI is InChI=1S/C13H22N4/c1-16-7-4-8-17(2)12(10-16)13(14)11-5-3-6-15-9-11/h3,5-6,9,12-13H,4,7-8,10,14H2,1-2H3. The van der Waals surface area contributed by atoms with Gasteiger partial charge in [-0.2, -0.15) is 0 Å². The maximum atomic E-state index is 6.38. The number of hydrogen-bond donors (Lipinski definition) is 1. The molecular weight excluding hydrogens is 212 g/mol. The van der Waals surface area contributed by atoms with Crippen molar-refractivity contribution < 1.29 is 0 Å². The molecule has 0 bridgehead atoms. The van der Waals surface area contributed by atoms with Crippen molar-refractivity contribution in [3.05, 3.63) is 30.1 Å². The topological polar surface area (TPSA) is 45.4 Å². The first-order valence-corrected chi connectivity index (χ1v) is 6.23. The molecule has 2 unspecified atom stereocenters. The SMILES string of the molecule is CN1CCCN(C)C(C(N)c2cccnc2)C1. The van der Waals surface area contributed by atoms with Crippen molar-refractivity contribution in [2.45, 2.75) is 18.5 Å². The van der Waals surface area contributed by atoms with E-state index >= 15 is 0 Å². The summed E-state index contributed by atoms with van der Waals surface area (Å²) < 4.78 is 0. The van der Waals surface area contributed by atoms with Crippen LogP contribution in [0, 0.1) is 0 Å². The summed E-state index contributed by atoms with van der Waals surface area (Å²) in [4.78, 5) is 8.90. The molecule has 1 aromatic rings. The van der Waals surface area contributed by atoms with Gasteiger partial charge < -0.3 is 15.5 Å². The Labute approximate surface area is 103 Å². The Bertz CT molecular complexity index is 341. The number of pyridine rings is 1. The van der Waals surface area contributed by atoms with Crippen molar-refractivity contribution in [3.8, 4) is 0 Å². The van der Waals surface area contributed by atoms with Crippen LogP contribution < -0.4 is 5.73 Å². The lowest BCUT2D eigenvalue weighted by molar-refractivity contribution is 0.196. The fourth-order valence-corrected chi connectivity index (χ4v) is 2.49. The summed E-state index contributed by atoms with van der Waals surface area (Å²) in [6, 6.07) is 4.42. The summed E-state index contributed by atoms with van der Waals surface area (Å²) in [6.45, 7) is 3.29. The Morgan fingerprint density at radius 2 is 2.24 bits per heavy atom. The van der Waals surface area contributed by atoms with E-state index in [1.165, 1.54) is 6.42 Å². The van der Waals surface area contributed by atoms with E-state index in [0.29, 0.717) is 6.04 Å². The molecule has 4 nitrogen and oxygen atoms in total. The zero-order valence-electron chi connectivity index (χ0n) is 10.7. The van der Waals surface area contributed by atoms with Gasteiger partial charge in [0.05, 0.1) is 0 Å². The second-order valence-electron chi connectivity index (χ2n) is 4.98. The number of hydrogen-bond acceptors (Lipinski definition) is 4. The minimum atomic E-state index is 0.0363. The van der Waals surface area contributed by atoms with Crippen LogP contribution in [0.25, 0.3) is 0 Å². The molecule has 1 saturated heterocycles. The normalized spacial score (nSPS) is 25.5. The van der Waals surface area contributed by atoms with Crippen molar-refractivity contribution in [3.63, 3.8) is 0 Å². The van der Waals surface area contributed by atoms with Crippen molar-refractivity contribution >= 4 is 0 Å². The summed E-state index contributed by atoms with van der Waals surface area (Å²) >= 11 is 0. The Morgan fingerprint density at radius 3 is 2.94 bits per heavy atom. The van der Waals surface area contributed by atoms with E-state index < -0.39 is 0 Å². The van der Waals surface area contributed by atoms with E-state index in [0.717, 1.165) is 25.2 Å². The minimum absolute atomic E-state index is 0.0363. The molecule has 0 saturated carbocycles. The molecule has 0 spiro atoms. The van der Waals surface area contributed by atoms with Crippen LogP contribution in [0.15, 0.2) is 24.5 Å². The summed E-state index contributed by atoms with van der Waals surface area (Å²) in [6.07, 6.45) is 4.88. The third-order valence-electron chi connectivity index (χ3n) is 3.60.